The number of halogens is 2. The minimum Gasteiger partial charge on any atom is -0.336 e. The minimum atomic E-state index is -0.132. The molecule has 20 heavy (non-hydrogen) atoms. The summed E-state index contributed by atoms with van der Waals surface area (Å²) in [7, 11) is 0. The predicted octanol–water partition coefficient (Wildman–Crippen LogP) is 2.47. The van der Waals surface area contributed by atoms with Gasteiger partial charge in [-0.15, -0.1) is 0 Å². The van der Waals surface area contributed by atoms with Gasteiger partial charge in [-0.1, -0.05) is 35.4 Å². The normalized spacial score (nSPS) is 22.7. The molecule has 0 N–H and O–H groups in total. The Balaban J connectivity index is 1.70. The van der Waals surface area contributed by atoms with Gasteiger partial charge < -0.3 is 4.90 Å². The molecule has 0 aromatic carbocycles. The smallest absolute Gasteiger partial charge is 0.274 e. The van der Waals surface area contributed by atoms with E-state index in [1.165, 1.54) is 0 Å². The molecular weight excluding hydrogens is 297 g/mol. The molecule has 1 atom stereocenters. The molecule has 6 heteroatoms. The molecule has 3 heterocycles. The second-order valence-corrected chi connectivity index (χ2v) is 5.88. The second-order valence-electron chi connectivity index (χ2n) is 5.08. The number of carbonyl (C=O) groups excluding carboxylic acids is 1. The van der Waals surface area contributed by atoms with Gasteiger partial charge in [0.25, 0.3) is 5.91 Å². The monoisotopic (exact) mass is 311 g/mol. The number of rotatable bonds is 2. The van der Waals surface area contributed by atoms with Crippen LogP contribution in [0.15, 0.2) is 24.3 Å². The Morgan fingerprint density at radius 2 is 2.00 bits per heavy atom. The Morgan fingerprint density at radius 3 is 2.75 bits per heavy atom. The number of amides is 1. The molecule has 0 radical (unpaired) electrons. The molecule has 0 bridgehead atoms. The van der Waals surface area contributed by atoms with E-state index in [1.807, 2.05) is 4.90 Å². The Hall–Kier alpha value is -1.10. The molecule has 1 amide bonds. The largest absolute Gasteiger partial charge is 0.336 e. The third-order valence-corrected chi connectivity index (χ3v) is 4.34. The highest BCUT2D eigenvalue weighted by Gasteiger charge is 2.32. The van der Waals surface area contributed by atoms with E-state index in [4.69, 9.17) is 23.2 Å². The van der Waals surface area contributed by atoms with E-state index in [0.717, 1.165) is 32.6 Å². The van der Waals surface area contributed by atoms with Crippen LogP contribution in [-0.4, -0.2) is 52.9 Å². The molecular formula is C14H15Cl2N3O. The van der Waals surface area contributed by atoms with Gasteiger partial charge in [0, 0.05) is 32.2 Å². The van der Waals surface area contributed by atoms with Gasteiger partial charge in [0.2, 0.25) is 0 Å². The van der Waals surface area contributed by atoms with Crippen molar-refractivity contribution in [2.24, 2.45) is 0 Å². The van der Waals surface area contributed by atoms with E-state index in [1.54, 1.807) is 12.1 Å². The highest BCUT2D eigenvalue weighted by Crippen LogP contribution is 2.23. The van der Waals surface area contributed by atoms with Crippen molar-refractivity contribution in [3.63, 3.8) is 0 Å². The van der Waals surface area contributed by atoms with Gasteiger partial charge in [-0.2, -0.15) is 0 Å². The summed E-state index contributed by atoms with van der Waals surface area (Å²) < 4.78 is 0. The first kappa shape index (κ1) is 13.9. The van der Waals surface area contributed by atoms with Crippen molar-refractivity contribution in [3.05, 3.63) is 40.2 Å². The molecule has 4 nitrogen and oxygen atoms in total. The summed E-state index contributed by atoms with van der Waals surface area (Å²) in [5, 5.41) is 0.642. The van der Waals surface area contributed by atoms with Crippen LogP contribution in [0.25, 0.3) is 0 Å². The summed E-state index contributed by atoms with van der Waals surface area (Å²) >= 11 is 11.9. The van der Waals surface area contributed by atoms with E-state index in [2.05, 4.69) is 22.0 Å². The summed E-state index contributed by atoms with van der Waals surface area (Å²) in [5.74, 6) is -0.132. The SMILES string of the molecule is O=C(c1nc(Cl)ccc1Cl)N1CC[C@@H](N2CC=CC2)C1. The maximum atomic E-state index is 12.5. The molecule has 2 aliphatic heterocycles. The summed E-state index contributed by atoms with van der Waals surface area (Å²) in [6.07, 6.45) is 5.32. The van der Waals surface area contributed by atoms with Crippen molar-refractivity contribution < 1.29 is 4.79 Å². The number of pyridine rings is 1. The van der Waals surface area contributed by atoms with Gasteiger partial charge in [-0.05, 0) is 18.6 Å². The molecule has 1 aromatic rings. The first-order valence-electron chi connectivity index (χ1n) is 6.65. The Labute approximate surface area is 128 Å². The summed E-state index contributed by atoms with van der Waals surface area (Å²) in [4.78, 5) is 20.7. The zero-order valence-corrected chi connectivity index (χ0v) is 12.4. The van der Waals surface area contributed by atoms with Crippen LogP contribution >= 0.6 is 23.2 Å². The van der Waals surface area contributed by atoms with Crippen LogP contribution in [-0.2, 0) is 0 Å². The fourth-order valence-corrected chi connectivity index (χ4v) is 3.07. The Morgan fingerprint density at radius 1 is 1.25 bits per heavy atom. The number of nitrogens with zero attached hydrogens (tertiary/aromatic N) is 3. The molecule has 106 valence electrons. The van der Waals surface area contributed by atoms with Crippen LogP contribution in [0.2, 0.25) is 10.2 Å². The van der Waals surface area contributed by atoms with E-state index in [-0.39, 0.29) is 16.8 Å². The number of carbonyl (C=O) groups is 1. The highest BCUT2D eigenvalue weighted by molar-refractivity contribution is 6.34. The van der Waals surface area contributed by atoms with Crippen molar-refractivity contribution in [3.8, 4) is 0 Å². The number of hydrogen-bond donors (Lipinski definition) is 0. The van der Waals surface area contributed by atoms with E-state index < -0.39 is 0 Å². The van der Waals surface area contributed by atoms with Crippen molar-refractivity contribution >= 4 is 29.1 Å². The summed E-state index contributed by atoms with van der Waals surface area (Å²) in [6.45, 7) is 3.42. The number of likely N-dealkylation sites (tertiary alicyclic amines) is 1. The van der Waals surface area contributed by atoms with Gasteiger partial charge in [0.15, 0.2) is 0 Å². The van der Waals surface area contributed by atoms with Crippen LogP contribution in [0.1, 0.15) is 16.9 Å². The molecule has 1 saturated heterocycles. The van der Waals surface area contributed by atoms with Crippen LogP contribution in [0.4, 0.5) is 0 Å². The lowest BCUT2D eigenvalue weighted by atomic mass is 10.2. The zero-order valence-electron chi connectivity index (χ0n) is 10.9. The number of aromatic nitrogens is 1. The number of hydrogen-bond acceptors (Lipinski definition) is 3. The molecule has 0 aliphatic carbocycles. The average molecular weight is 312 g/mol. The third-order valence-electron chi connectivity index (χ3n) is 3.83. The first-order chi connectivity index (χ1) is 9.65. The first-order valence-corrected chi connectivity index (χ1v) is 7.41. The average Bonchev–Trinajstić information content (AvgIpc) is 3.10. The Bertz CT molecular complexity index is 553. The maximum Gasteiger partial charge on any atom is 0.274 e. The van der Waals surface area contributed by atoms with Gasteiger partial charge >= 0.3 is 0 Å². The van der Waals surface area contributed by atoms with Crippen molar-refractivity contribution in [2.45, 2.75) is 12.5 Å². The lowest BCUT2D eigenvalue weighted by Gasteiger charge is -2.23. The molecule has 3 rings (SSSR count). The van der Waals surface area contributed by atoms with E-state index >= 15 is 0 Å². The fraction of sp³-hybridized carbons (Fsp3) is 0.429. The fourth-order valence-electron chi connectivity index (χ4n) is 2.73. The quantitative estimate of drug-likeness (QED) is 0.622. The third kappa shape index (κ3) is 2.68. The lowest BCUT2D eigenvalue weighted by molar-refractivity contribution is 0.0775. The predicted molar refractivity (Wildman–Crippen MR) is 79.3 cm³/mol. The Kier molecular flexibility index (Phi) is 3.96. The van der Waals surface area contributed by atoms with Gasteiger partial charge in [-0.3, -0.25) is 9.69 Å². The van der Waals surface area contributed by atoms with Crippen molar-refractivity contribution in [1.82, 2.24) is 14.8 Å². The van der Waals surface area contributed by atoms with E-state index in [9.17, 15) is 4.79 Å². The van der Waals surface area contributed by atoms with Gasteiger partial charge in [0.1, 0.15) is 10.8 Å². The van der Waals surface area contributed by atoms with Gasteiger partial charge in [-0.25, -0.2) is 4.98 Å². The van der Waals surface area contributed by atoms with E-state index in [0.29, 0.717) is 11.1 Å². The van der Waals surface area contributed by atoms with Crippen LogP contribution < -0.4 is 0 Å². The highest BCUT2D eigenvalue weighted by atomic mass is 35.5. The molecule has 0 unspecified atom stereocenters. The van der Waals surface area contributed by atoms with Crippen LogP contribution in [0, 0.1) is 0 Å². The molecule has 1 aromatic heterocycles. The molecule has 1 fully saturated rings. The van der Waals surface area contributed by atoms with Crippen LogP contribution in [0.5, 0.6) is 0 Å². The summed E-state index contributed by atoms with van der Waals surface area (Å²) in [6, 6.07) is 3.62. The minimum absolute atomic E-state index is 0.132. The van der Waals surface area contributed by atoms with Crippen molar-refractivity contribution in [1.29, 1.82) is 0 Å². The zero-order chi connectivity index (χ0) is 14.1. The van der Waals surface area contributed by atoms with Gasteiger partial charge in [0.05, 0.1) is 5.02 Å². The molecule has 2 aliphatic rings. The standard InChI is InChI=1S/C14H15Cl2N3O/c15-11-3-4-12(16)17-13(11)14(20)19-8-5-10(9-19)18-6-1-2-7-18/h1-4,10H,5-9H2/t10-/m1/s1. The lowest BCUT2D eigenvalue weighted by Crippen LogP contribution is -2.37. The molecule has 0 spiro atoms. The maximum absolute atomic E-state index is 12.5. The topological polar surface area (TPSA) is 36.4 Å². The summed E-state index contributed by atoms with van der Waals surface area (Å²) in [5.41, 5.74) is 0.249. The van der Waals surface area contributed by atoms with Crippen molar-refractivity contribution in [2.75, 3.05) is 26.2 Å². The molecule has 0 saturated carbocycles. The second kappa shape index (κ2) is 5.72. The van der Waals surface area contributed by atoms with Crippen LogP contribution in [0.3, 0.4) is 0 Å².